The van der Waals surface area contributed by atoms with Crippen molar-refractivity contribution in [3.05, 3.63) is 35.1 Å². The van der Waals surface area contributed by atoms with Gasteiger partial charge in [0.05, 0.1) is 5.56 Å². The lowest BCUT2D eigenvalue weighted by Crippen LogP contribution is -2.35. The number of nitrogens with one attached hydrogen (secondary N) is 1. The molecule has 0 aliphatic carbocycles. The molecule has 1 heterocycles. The number of rotatable bonds is 1. The van der Waals surface area contributed by atoms with Crippen LogP contribution in [0.3, 0.4) is 0 Å². The van der Waals surface area contributed by atoms with Gasteiger partial charge in [-0.25, -0.2) is 4.39 Å². The molecule has 0 atom stereocenters. The standard InChI is InChI=1S/C12H10F4N2O/c1-11(2)10(19)17-9(18-11)7-4-3-6(13)5-8(7)12(14,15)16/h3-5H,1-2H3,(H,17,18,19). The summed E-state index contributed by atoms with van der Waals surface area (Å²) in [6.07, 6.45) is -4.72. The molecule has 102 valence electrons. The topological polar surface area (TPSA) is 41.5 Å². The van der Waals surface area contributed by atoms with Crippen molar-refractivity contribution in [2.45, 2.75) is 25.6 Å². The summed E-state index contributed by atoms with van der Waals surface area (Å²) in [5.74, 6) is -1.69. The van der Waals surface area contributed by atoms with E-state index in [0.29, 0.717) is 6.07 Å². The average molecular weight is 274 g/mol. The molecule has 1 aromatic carbocycles. The zero-order chi connectivity index (χ0) is 14.4. The largest absolute Gasteiger partial charge is 0.417 e. The van der Waals surface area contributed by atoms with Gasteiger partial charge in [-0.2, -0.15) is 13.2 Å². The molecule has 19 heavy (non-hydrogen) atoms. The first-order valence-corrected chi connectivity index (χ1v) is 5.40. The van der Waals surface area contributed by atoms with Gasteiger partial charge >= 0.3 is 6.18 Å². The maximum Gasteiger partial charge on any atom is 0.417 e. The number of amidine groups is 1. The Morgan fingerprint density at radius 1 is 1.26 bits per heavy atom. The highest BCUT2D eigenvalue weighted by Gasteiger charge is 2.39. The maximum atomic E-state index is 13.0. The van der Waals surface area contributed by atoms with E-state index in [1.165, 1.54) is 13.8 Å². The molecule has 0 aromatic heterocycles. The molecule has 7 heteroatoms. The van der Waals surface area contributed by atoms with Gasteiger partial charge in [-0.05, 0) is 32.0 Å². The fraction of sp³-hybridized carbons (Fsp3) is 0.333. The average Bonchev–Trinajstić information content (AvgIpc) is 2.52. The lowest BCUT2D eigenvalue weighted by atomic mass is 10.1. The van der Waals surface area contributed by atoms with Crippen LogP contribution in [0.1, 0.15) is 25.0 Å². The molecule has 2 rings (SSSR count). The Labute approximate surface area is 106 Å². The molecule has 1 aliphatic heterocycles. The first-order valence-electron chi connectivity index (χ1n) is 5.40. The number of hydrogen-bond donors (Lipinski definition) is 1. The van der Waals surface area contributed by atoms with Crippen LogP contribution in [0, 0.1) is 5.82 Å². The first-order chi connectivity index (χ1) is 8.61. The van der Waals surface area contributed by atoms with Gasteiger partial charge in [-0.1, -0.05) is 0 Å². The van der Waals surface area contributed by atoms with E-state index in [1.807, 2.05) is 0 Å². The molecule has 0 spiro atoms. The minimum Gasteiger partial charge on any atom is -0.308 e. The molecule has 0 fully saturated rings. The minimum absolute atomic E-state index is 0.192. The van der Waals surface area contributed by atoms with E-state index in [-0.39, 0.29) is 11.4 Å². The lowest BCUT2D eigenvalue weighted by Gasteiger charge is -2.12. The molecule has 1 aromatic rings. The van der Waals surface area contributed by atoms with Gasteiger partial charge in [0.2, 0.25) is 0 Å². The Bertz CT molecular complexity index is 576. The molecule has 0 saturated heterocycles. The van der Waals surface area contributed by atoms with Gasteiger partial charge in [0.15, 0.2) is 0 Å². The number of aliphatic imine (C=N–C) groups is 1. The Morgan fingerprint density at radius 2 is 1.89 bits per heavy atom. The van der Waals surface area contributed by atoms with Crippen LogP contribution in [-0.2, 0) is 11.0 Å². The van der Waals surface area contributed by atoms with E-state index >= 15 is 0 Å². The van der Waals surface area contributed by atoms with Crippen molar-refractivity contribution in [2.75, 3.05) is 0 Å². The van der Waals surface area contributed by atoms with Crippen molar-refractivity contribution in [3.8, 4) is 0 Å². The third-order valence-corrected chi connectivity index (χ3v) is 2.72. The summed E-state index contributed by atoms with van der Waals surface area (Å²) in [5.41, 5.74) is -2.64. The Morgan fingerprint density at radius 3 is 2.37 bits per heavy atom. The van der Waals surface area contributed by atoms with Gasteiger partial charge in [-0.3, -0.25) is 9.79 Å². The molecule has 3 nitrogen and oxygen atoms in total. The predicted octanol–water partition coefficient (Wildman–Crippen LogP) is 2.50. The van der Waals surface area contributed by atoms with E-state index in [9.17, 15) is 22.4 Å². The maximum absolute atomic E-state index is 13.0. The van der Waals surface area contributed by atoms with Crippen LogP contribution < -0.4 is 5.32 Å². The second-order valence-electron chi connectivity index (χ2n) is 4.66. The molecule has 0 unspecified atom stereocenters. The van der Waals surface area contributed by atoms with Gasteiger partial charge in [0.1, 0.15) is 17.2 Å². The van der Waals surface area contributed by atoms with E-state index in [2.05, 4.69) is 10.3 Å². The first kappa shape index (κ1) is 13.5. The summed E-state index contributed by atoms with van der Waals surface area (Å²) < 4.78 is 51.5. The second-order valence-corrected chi connectivity index (χ2v) is 4.66. The molecular weight excluding hydrogens is 264 g/mol. The minimum atomic E-state index is -4.72. The monoisotopic (exact) mass is 274 g/mol. The summed E-state index contributed by atoms with van der Waals surface area (Å²) in [5, 5.41) is 2.28. The molecule has 1 aliphatic rings. The Kier molecular flexibility index (Phi) is 2.87. The number of amides is 1. The number of carbonyl (C=O) groups is 1. The fourth-order valence-electron chi connectivity index (χ4n) is 1.70. The highest BCUT2D eigenvalue weighted by molar-refractivity contribution is 6.15. The van der Waals surface area contributed by atoms with Gasteiger partial charge in [0.25, 0.3) is 5.91 Å². The SMILES string of the molecule is CC1(C)N=C(c2ccc(F)cc2C(F)(F)F)NC1=O. The predicted molar refractivity (Wildman–Crippen MR) is 60.2 cm³/mol. The normalized spacial score (nSPS) is 18.2. The van der Waals surface area contributed by atoms with E-state index < -0.39 is 29.0 Å². The van der Waals surface area contributed by atoms with Crippen molar-refractivity contribution in [1.82, 2.24) is 5.32 Å². The van der Waals surface area contributed by atoms with Crippen molar-refractivity contribution in [3.63, 3.8) is 0 Å². The van der Waals surface area contributed by atoms with Gasteiger partial charge in [0, 0.05) is 5.56 Å². The lowest BCUT2D eigenvalue weighted by molar-refractivity contribution is -0.138. The number of alkyl halides is 3. The number of halogens is 4. The van der Waals surface area contributed by atoms with Crippen LogP contribution in [0.15, 0.2) is 23.2 Å². The van der Waals surface area contributed by atoms with Crippen molar-refractivity contribution in [1.29, 1.82) is 0 Å². The molecule has 1 amide bonds. The fourth-order valence-corrected chi connectivity index (χ4v) is 1.70. The zero-order valence-electron chi connectivity index (χ0n) is 10.1. The summed E-state index contributed by atoms with van der Waals surface area (Å²) >= 11 is 0. The molecular formula is C12H10F4N2O. The van der Waals surface area contributed by atoms with Gasteiger partial charge in [-0.15, -0.1) is 0 Å². The van der Waals surface area contributed by atoms with Crippen LogP contribution >= 0.6 is 0 Å². The third-order valence-electron chi connectivity index (χ3n) is 2.72. The van der Waals surface area contributed by atoms with E-state index in [4.69, 9.17) is 0 Å². The molecule has 0 bridgehead atoms. The molecule has 0 saturated carbocycles. The quantitative estimate of drug-likeness (QED) is 0.785. The van der Waals surface area contributed by atoms with Crippen LogP contribution in [-0.4, -0.2) is 17.3 Å². The molecule has 1 N–H and O–H groups in total. The van der Waals surface area contributed by atoms with Crippen LogP contribution in [0.4, 0.5) is 17.6 Å². The van der Waals surface area contributed by atoms with E-state index in [0.717, 1.165) is 12.1 Å². The summed E-state index contributed by atoms with van der Waals surface area (Å²) in [7, 11) is 0. The zero-order valence-corrected chi connectivity index (χ0v) is 10.1. The van der Waals surface area contributed by atoms with Gasteiger partial charge < -0.3 is 5.32 Å². The highest BCUT2D eigenvalue weighted by Crippen LogP contribution is 2.33. The second kappa shape index (κ2) is 4.04. The highest BCUT2D eigenvalue weighted by atomic mass is 19.4. The Hall–Kier alpha value is -1.92. The number of carbonyl (C=O) groups excluding carboxylic acids is 1. The van der Waals surface area contributed by atoms with Crippen molar-refractivity contribution in [2.24, 2.45) is 4.99 Å². The molecule has 0 radical (unpaired) electrons. The summed E-state index contributed by atoms with van der Waals surface area (Å²) in [4.78, 5) is 15.4. The smallest absolute Gasteiger partial charge is 0.308 e. The number of benzene rings is 1. The van der Waals surface area contributed by atoms with Crippen molar-refractivity contribution < 1.29 is 22.4 Å². The number of nitrogens with zero attached hydrogens (tertiary/aromatic N) is 1. The van der Waals surface area contributed by atoms with Crippen LogP contribution in [0.25, 0.3) is 0 Å². The van der Waals surface area contributed by atoms with Crippen LogP contribution in [0.2, 0.25) is 0 Å². The summed E-state index contributed by atoms with van der Waals surface area (Å²) in [6.45, 7) is 2.96. The number of hydrogen-bond acceptors (Lipinski definition) is 2. The Balaban J connectivity index is 2.56. The third kappa shape index (κ3) is 2.45. The van der Waals surface area contributed by atoms with Crippen molar-refractivity contribution >= 4 is 11.7 Å². The van der Waals surface area contributed by atoms with E-state index in [1.54, 1.807) is 0 Å². The summed E-state index contributed by atoms with van der Waals surface area (Å²) in [6, 6.07) is 2.23. The van der Waals surface area contributed by atoms with Crippen LogP contribution in [0.5, 0.6) is 0 Å².